The molecule has 4 saturated carbocycles. The van der Waals surface area contributed by atoms with Crippen LogP contribution in [0.5, 0.6) is 0 Å². The predicted molar refractivity (Wildman–Crippen MR) is 124 cm³/mol. The molecule has 32 heavy (non-hydrogen) atoms. The molecule has 4 rings (SSSR count). The number of carbonyl (C=O) groups is 1. The van der Waals surface area contributed by atoms with Gasteiger partial charge in [0.25, 0.3) is 0 Å². The second-order valence-electron chi connectivity index (χ2n) is 12.6. The van der Waals surface area contributed by atoms with E-state index in [9.17, 15) is 20.1 Å². The highest BCUT2D eigenvalue weighted by molar-refractivity contribution is 5.69. The second-order valence-corrected chi connectivity index (χ2v) is 12.6. The number of aliphatic hydroxyl groups is 3. The Morgan fingerprint density at radius 3 is 2.25 bits per heavy atom. The first-order valence-electron chi connectivity index (χ1n) is 13.2. The van der Waals surface area contributed by atoms with Crippen molar-refractivity contribution in [2.75, 3.05) is 0 Å². The number of hydrogen-bond donors (Lipinski definition) is 3. The highest BCUT2D eigenvalue weighted by Gasteiger charge is 2.65. The highest BCUT2D eigenvalue weighted by atomic mass is 16.5. The van der Waals surface area contributed by atoms with Crippen molar-refractivity contribution in [3.05, 3.63) is 0 Å². The summed E-state index contributed by atoms with van der Waals surface area (Å²) in [6.45, 7) is 10.8. The van der Waals surface area contributed by atoms with E-state index in [4.69, 9.17) is 4.74 Å². The molecule has 5 nitrogen and oxygen atoms in total. The monoisotopic (exact) mass is 450 g/mol. The molecule has 0 unspecified atom stereocenters. The van der Waals surface area contributed by atoms with Gasteiger partial charge >= 0.3 is 5.97 Å². The molecular weight excluding hydrogens is 404 g/mol. The third-order valence-corrected chi connectivity index (χ3v) is 10.7. The molecule has 184 valence electrons. The van der Waals surface area contributed by atoms with E-state index in [1.54, 1.807) is 0 Å². The van der Waals surface area contributed by atoms with E-state index in [1.807, 2.05) is 13.8 Å². The van der Waals surface area contributed by atoms with Crippen LogP contribution in [-0.4, -0.2) is 45.7 Å². The molecule has 4 fully saturated rings. The van der Waals surface area contributed by atoms with E-state index in [-0.39, 0.29) is 40.8 Å². The summed E-state index contributed by atoms with van der Waals surface area (Å²) in [5.74, 6) is 1.87. The van der Waals surface area contributed by atoms with Gasteiger partial charge in [-0.3, -0.25) is 4.79 Å². The van der Waals surface area contributed by atoms with Gasteiger partial charge in [0.2, 0.25) is 0 Å². The van der Waals surface area contributed by atoms with Crippen LogP contribution in [0.3, 0.4) is 0 Å². The molecule has 4 aliphatic carbocycles. The molecule has 0 bridgehead atoms. The molecule has 0 radical (unpaired) electrons. The lowest BCUT2D eigenvalue weighted by Gasteiger charge is -2.63. The first-order valence-corrected chi connectivity index (χ1v) is 13.2. The van der Waals surface area contributed by atoms with Gasteiger partial charge in [-0.25, -0.2) is 0 Å². The van der Waals surface area contributed by atoms with E-state index >= 15 is 0 Å². The zero-order chi connectivity index (χ0) is 23.4. The van der Waals surface area contributed by atoms with Crippen molar-refractivity contribution in [1.82, 2.24) is 0 Å². The fourth-order valence-electron chi connectivity index (χ4n) is 9.08. The van der Waals surface area contributed by atoms with E-state index in [0.717, 1.165) is 44.9 Å². The van der Waals surface area contributed by atoms with Crippen LogP contribution in [0.15, 0.2) is 0 Å². The number of rotatable bonds is 5. The Morgan fingerprint density at radius 2 is 1.56 bits per heavy atom. The van der Waals surface area contributed by atoms with Gasteiger partial charge in [-0.05, 0) is 112 Å². The molecule has 0 aromatic carbocycles. The Morgan fingerprint density at radius 1 is 0.906 bits per heavy atom. The SMILES string of the molecule is CC(C)OC(=O)CC[C@@H](C)[C@H]1CC[C@H]2[C@@H]3[C@H](O)[C@H](O)[C@@H]4C[C@H](O)CC[C@]4(C)[C@H]3CC[C@]12C. The maximum atomic E-state index is 12.1. The number of fused-ring (bicyclic) bond motifs is 5. The molecule has 0 heterocycles. The Hall–Kier alpha value is -0.650. The number of carbonyl (C=O) groups excluding carboxylic acids is 1. The van der Waals surface area contributed by atoms with Crippen LogP contribution in [0.25, 0.3) is 0 Å². The van der Waals surface area contributed by atoms with Crippen LogP contribution in [-0.2, 0) is 9.53 Å². The van der Waals surface area contributed by atoms with Crippen molar-refractivity contribution < 1.29 is 24.9 Å². The average Bonchev–Trinajstić information content (AvgIpc) is 3.08. The van der Waals surface area contributed by atoms with Gasteiger partial charge < -0.3 is 20.1 Å². The Kier molecular flexibility index (Phi) is 6.77. The molecule has 11 atom stereocenters. The van der Waals surface area contributed by atoms with Gasteiger partial charge in [-0.1, -0.05) is 20.8 Å². The van der Waals surface area contributed by atoms with Crippen LogP contribution in [0, 0.1) is 46.3 Å². The van der Waals surface area contributed by atoms with E-state index in [0.29, 0.717) is 36.5 Å². The minimum atomic E-state index is -0.735. The topological polar surface area (TPSA) is 87.0 Å². The summed E-state index contributed by atoms with van der Waals surface area (Å²) in [5, 5.41) is 32.8. The van der Waals surface area contributed by atoms with Gasteiger partial charge in [-0.2, -0.15) is 0 Å². The third-order valence-electron chi connectivity index (χ3n) is 10.7. The maximum Gasteiger partial charge on any atom is 0.306 e. The Balaban J connectivity index is 1.51. The number of aliphatic hydroxyl groups excluding tert-OH is 3. The maximum absolute atomic E-state index is 12.1. The van der Waals surface area contributed by atoms with Crippen molar-refractivity contribution in [1.29, 1.82) is 0 Å². The molecular formula is C27H46O5. The summed E-state index contributed by atoms with van der Waals surface area (Å²) in [5.41, 5.74) is 0.162. The fourth-order valence-corrected chi connectivity index (χ4v) is 9.08. The summed E-state index contributed by atoms with van der Waals surface area (Å²) in [7, 11) is 0. The van der Waals surface area contributed by atoms with Gasteiger partial charge in [0, 0.05) is 6.42 Å². The van der Waals surface area contributed by atoms with Gasteiger partial charge in [0.15, 0.2) is 0 Å². The molecule has 3 N–H and O–H groups in total. The Labute approximate surface area is 194 Å². The lowest BCUT2D eigenvalue weighted by atomic mass is 9.43. The predicted octanol–water partition coefficient (Wildman–Crippen LogP) is 4.32. The zero-order valence-electron chi connectivity index (χ0n) is 20.8. The smallest absolute Gasteiger partial charge is 0.306 e. The van der Waals surface area contributed by atoms with Crippen LogP contribution in [0.4, 0.5) is 0 Å². The summed E-state index contributed by atoms with van der Waals surface area (Å²) in [6.07, 6.45) is 6.39. The largest absolute Gasteiger partial charge is 0.463 e. The molecule has 0 spiro atoms. The lowest BCUT2D eigenvalue weighted by Crippen LogP contribution is -2.64. The van der Waals surface area contributed by atoms with Gasteiger partial charge in [0.1, 0.15) is 0 Å². The van der Waals surface area contributed by atoms with Crippen LogP contribution >= 0.6 is 0 Å². The van der Waals surface area contributed by atoms with Crippen molar-refractivity contribution >= 4 is 5.97 Å². The van der Waals surface area contributed by atoms with E-state index < -0.39 is 12.2 Å². The van der Waals surface area contributed by atoms with Crippen LogP contribution < -0.4 is 0 Å². The quantitative estimate of drug-likeness (QED) is 0.543. The molecule has 0 amide bonds. The minimum Gasteiger partial charge on any atom is -0.463 e. The summed E-state index contributed by atoms with van der Waals surface area (Å²) in [6, 6.07) is 0. The minimum absolute atomic E-state index is 0.00468. The molecule has 0 saturated heterocycles. The van der Waals surface area contributed by atoms with Gasteiger partial charge in [0.05, 0.1) is 24.4 Å². The highest BCUT2D eigenvalue weighted by Crippen LogP contribution is 2.68. The molecule has 0 aliphatic heterocycles. The average molecular weight is 451 g/mol. The van der Waals surface area contributed by atoms with Crippen molar-refractivity contribution in [3.63, 3.8) is 0 Å². The first-order chi connectivity index (χ1) is 15.0. The summed E-state index contributed by atoms with van der Waals surface area (Å²) in [4.78, 5) is 12.1. The Bertz CT molecular complexity index is 694. The fraction of sp³-hybridized carbons (Fsp3) is 0.963. The third kappa shape index (κ3) is 3.94. The van der Waals surface area contributed by atoms with E-state index in [1.165, 1.54) is 0 Å². The zero-order valence-corrected chi connectivity index (χ0v) is 20.8. The molecule has 5 heteroatoms. The van der Waals surface area contributed by atoms with Crippen molar-refractivity contribution in [2.45, 2.75) is 117 Å². The first kappa shape index (κ1) is 24.5. The molecule has 0 aromatic rings. The summed E-state index contributed by atoms with van der Waals surface area (Å²) < 4.78 is 5.34. The second kappa shape index (κ2) is 8.85. The standard InChI is InChI=1S/C27H46O5/c1-15(2)32-22(29)9-6-16(3)18-7-8-19-23-20(11-13-26(18,19)4)27(5)12-10-17(28)14-21(27)24(30)25(23)31/h15-21,23-25,28,30-31H,6-14H2,1-5H3/t16-,17-,18-,19+,20+,21+,23+,24-,25+,26-,27-/m1/s1. The normalized spacial score (nSPS) is 49.2. The number of ether oxygens (including phenoxy) is 1. The van der Waals surface area contributed by atoms with Gasteiger partial charge in [-0.15, -0.1) is 0 Å². The van der Waals surface area contributed by atoms with Crippen molar-refractivity contribution in [2.24, 2.45) is 46.3 Å². The molecule has 4 aliphatic rings. The number of hydrogen-bond acceptors (Lipinski definition) is 5. The van der Waals surface area contributed by atoms with E-state index in [2.05, 4.69) is 20.8 Å². The number of esters is 1. The van der Waals surface area contributed by atoms with Crippen LogP contribution in [0.1, 0.15) is 92.4 Å². The molecule has 0 aromatic heterocycles. The summed E-state index contributed by atoms with van der Waals surface area (Å²) >= 11 is 0. The van der Waals surface area contributed by atoms with Crippen LogP contribution in [0.2, 0.25) is 0 Å². The van der Waals surface area contributed by atoms with Crippen molar-refractivity contribution in [3.8, 4) is 0 Å². The lowest BCUT2D eigenvalue weighted by molar-refractivity contribution is -0.223.